The van der Waals surface area contributed by atoms with Gasteiger partial charge in [0.2, 0.25) is 5.91 Å². The van der Waals surface area contributed by atoms with Gasteiger partial charge in [0, 0.05) is 18.3 Å². The summed E-state index contributed by atoms with van der Waals surface area (Å²) in [6.45, 7) is 0.619. The quantitative estimate of drug-likeness (QED) is 0.935. The zero-order chi connectivity index (χ0) is 16.9. The van der Waals surface area contributed by atoms with E-state index in [1.54, 1.807) is 47.6 Å². The van der Waals surface area contributed by atoms with Gasteiger partial charge in [-0.2, -0.15) is 5.26 Å². The predicted octanol–water partition coefficient (Wildman–Crippen LogP) is 1.88. The third kappa shape index (κ3) is 3.25. The van der Waals surface area contributed by atoms with E-state index in [2.05, 4.69) is 10.3 Å². The van der Waals surface area contributed by atoms with Crippen molar-refractivity contribution < 1.29 is 9.59 Å². The minimum atomic E-state index is -0.554. The van der Waals surface area contributed by atoms with Gasteiger partial charge in [-0.3, -0.25) is 14.6 Å². The summed E-state index contributed by atoms with van der Waals surface area (Å²) in [5.74, 6) is -0.442. The normalized spacial score (nSPS) is 17.2. The molecule has 6 nitrogen and oxygen atoms in total. The summed E-state index contributed by atoms with van der Waals surface area (Å²) in [6.07, 6.45) is 4.71. The fraction of sp³-hybridized carbons (Fsp3) is 0.222. The van der Waals surface area contributed by atoms with Crippen molar-refractivity contribution in [2.75, 3.05) is 11.4 Å². The van der Waals surface area contributed by atoms with Gasteiger partial charge in [-0.15, -0.1) is 0 Å². The van der Waals surface area contributed by atoms with Gasteiger partial charge in [-0.05, 0) is 49.2 Å². The first-order chi connectivity index (χ1) is 11.7. The number of hydrogen-bond acceptors (Lipinski definition) is 4. The van der Waals surface area contributed by atoms with Crippen LogP contribution in [-0.4, -0.2) is 29.4 Å². The highest BCUT2D eigenvalue weighted by molar-refractivity contribution is 6.02. The highest BCUT2D eigenvalue weighted by atomic mass is 16.2. The Bertz CT molecular complexity index is 781. The van der Waals surface area contributed by atoms with Crippen LogP contribution in [-0.2, 0) is 4.79 Å². The Morgan fingerprint density at radius 2 is 2.08 bits per heavy atom. The number of carbonyl (C=O) groups excluding carboxylic acids is 2. The molecule has 1 unspecified atom stereocenters. The lowest BCUT2D eigenvalue weighted by atomic mass is 10.0. The fourth-order valence-corrected chi connectivity index (χ4v) is 2.72. The molecule has 1 aromatic heterocycles. The molecule has 1 aromatic carbocycles. The van der Waals surface area contributed by atoms with Gasteiger partial charge >= 0.3 is 0 Å². The van der Waals surface area contributed by atoms with E-state index in [-0.39, 0.29) is 11.8 Å². The molecule has 2 heterocycles. The third-order valence-corrected chi connectivity index (χ3v) is 3.98. The van der Waals surface area contributed by atoms with Crippen LogP contribution in [0.25, 0.3) is 0 Å². The van der Waals surface area contributed by atoms with E-state index in [1.165, 1.54) is 0 Å². The Kier molecular flexibility index (Phi) is 4.52. The standard InChI is InChI=1S/C18H16N4O2/c19-11-13-5-7-14(8-6-13)17(23)21-16-4-2-10-22(18(16)24)15-3-1-9-20-12-15/h1,3,5-9,12,16H,2,4,10H2,(H,21,23). The largest absolute Gasteiger partial charge is 0.340 e. The molecule has 0 spiro atoms. The minimum Gasteiger partial charge on any atom is -0.340 e. The number of amides is 2. The summed E-state index contributed by atoms with van der Waals surface area (Å²) in [7, 11) is 0. The van der Waals surface area contributed by atoms with Crippen LogP contribution in [0.3, 0.4) is 0 Å². The van der Waals surface area contributed by atoms with Crippen LogP contribution < -0.4 is 10.2 Å². The number of nitriles is 1. The molecule has 1 atom stereocenters. The molecule has 6 heteroatoms. The molecular formula is C18H16N4O2. The lowest BCUT2D eigenvalue weighted by Crippen LogP contribution is -2.52. The second kappa shape index (κ2) is 6.92. The number of pyridine rings is 1. The number of nitrogens with one attached hydrogen (secondary N) is 1. The lowest BCUT2D eigenvalue weighted by molar-refractivity contribution is -0.121. The van der Waals surface area contributed by atoms with Crippen molar-refractivity contribution in [3.05, 3.63) is 59.9 Å². The average Bonchev–Trinajstić information content (AvgIpc) is 2.64. The van der Waals surface area contributed by atoms with E-state index in [0.717, 1.165) is 12.1 Å². The maximum absolute atomic E-state index is 12.6. The molecule has 1 saturated heterocycles. The number of nitrogens with zero attached hydrogens (tertiary/aromatic N) is 3. The van der Waals surface area contributed by atoms with Gasteiger partial charge < -0.3 is 10.2 Å². The van der Waals surface area contributed by atoms with Gasteiger partial charge in [-0.1, -0.05) is 0 Å². The van der Waals surface area contributed by atoms with Crippen LogP contribution >= 0.6 is 0 Å². The van der Waals surface area contributed by atoms with Gasteiger partial charge in [-0.25, -0.2) is 0 Å². The Morgan fingerprint density at radius 3 is 2.75 bits per heavy atom. The minimum absolute atomic E-state index is 0.128. The zero-order valence-electron chi connectivity index (χ0n) is 13.0. The Balaban J connectivity index is 1.71. The van der Waals surface area contributed by atoms with Crippen LogP contribution in [0.4, 0.5) is 5.69 Å². The number of hydrogen-bond donors (Lipinski definition) is 1. The summed E-state index contributed by atoms with van der Waals surface area (Å²) < 4.78 is 0. The molecule has 1 aliphatic rings. The monoisotopic (exact) mass is 320 g/mol. The van der Waals surface area contributed by atoms with E-state index >= 15 is 0 Å². The molecule has 120 valence electrons. The number of carbonyl (C=O) groups is 2. The number of benzene rings is 1. The SMILES string of the molecule is N#Cc1ccc(C(=O)NC2CCCN(c3cccnc3)C2=O)cc1. The lowest BCUT2D eigenvalue weighted by Gasteiger charge is -2.32. The molecule has 1 N–H and O–H groups in total. The summed E-state index contributed by atoms with van der Waals surface area (Å²) in [5, 5.41) is 11.6. The summed E-state index contributed by atoms with van der Waals surface area (Å²) in [6, 6.07) is 11.4. The van der Waals surface area contributed by atoms with Crippen molar-refractivity contribution in [3.63, 3.8) is 0 Å². The first kappa shape index (κ1) is 15.7. The van der Waals surface area contributed by atoms with Crippen molar-refractivity contribution in [3.8, 4) is 6.07 Å². The van der Waals surface area contributed by atoms with E-state index in [4.69, 9.17) is 5.26 Å². The van der Waals surface area contributed by atoms with Crippen molar-refractivity contribution in [2.24, 2.45) is 0 Å². The Morgan fingerprint density at radius 1 is 1.29 bits per heavy atom. The van der Waals surface area contributed by atoms with E-state index in [9.17, 15) is 9.59 Å². The number of aromatic nitrogens is 1. The molecule has 24 heavy (non-hydrogen) atoms. The van der Waals surface area contributed by atoms with Gasteiger partial charge in [0.1, 0.15) is 6.04 Å². The van der Waals surface area contributed by atoms with Crippen LogP contribution in [0.1, 0.15) is 28.8 Å². The van der Waals surface area contributed by atoms with E-state index in [0.29, 0.717) is 24.1 Å². The van der Waals surface area contributed by atoms with Crippen LogP contribution in [0.2, 0.25) is 0 Å². The smallest absolute Gasteiger partial charge is 0.251 e. The topological polar surface area (TPSA) is 86.1 Å². The van der Waals surface area contributed by atoms with Crippen molar-refractivity contribution in [2.45, 2.75) is 18.9 Å². The van der Waals surface area contributed by atoms with Crippen LogP contribution in [0.15, 0.2) is 48.8 Å². The van der Waals surface area contributed by atoms with Crippen molar-refractivity contribution in [1.82, 2.24) is 10.3 Å². The fourth-order valence-electron chi connectivity index (χ4n) is 2.72. The van der Waals surface area contributed by atoms with Crippen LogP contribution in [0, 0.1) is 11.3 Å². The molecule has 0 aliphatic carbocycles. The molecule has 3 rings (SSSR count). The second-order valence-electron chi connectivity index (χ2n) is 5.56. The third-order valence-electron chi connectivity index (χ3n) is 3.98. The molecular weight excluding hydrogens is 304 g/mol. The van der Waals surface area contributed by atoms with Gasteiger partial charge in [0.15, 0.2) is 0 Å². The summed E-state index contributed by atoms with van der Waals surface area (Å²) >= 11 is 0. The molecule has 1 fully saturated rings. The first-order valence-electron chi connectivity index (χ1n) is 7.71. The van der Waals surface area contributed by atoms with Crippen molar-refractivity contribution in [1.29, 1.82) is 5.26 Å². The Hall–Kier alpha value is -3.20. The Labute approximate surface area is 139 Å². The van der Waals surface area contributed by atoms with E-state index in [1.807, 2.05) is 12.1 Å². The first-order valence-corrected chi connectivity index (χ1v) is 7.71. The van der Waals surface area contributed by atoms with Crippen molar-refractivity contribution >= 4 is 17.5 Å². The average molecular weight is 320 g/mol. The number of anilines is 1. The number of piperidine rings is 1. The second-order valence-corrected chi connectivity index (χ2v) is 5.56. The van der Waals surface area contributed by atoms with E-state index < -0.39 is 6.04 Å². The zero-order valence-corrected chi connectivity index (χ0v) is 13.0. The highest BCUT2D eigenvalue weighted by Gasteiger charge is 2.31. The maximum atomic E-state index is 12.6. The molecule has 2 aromatic rings. The molecule has 0 radical (unpaired) electrons. The van der Waals surface area contributed by atoms with Gasteiger partial charge in [0.25, 0.3) is 5.91 Å². The molecule has 1 aliphatic heterocycles. The summed E-state index contributed by atoms with van der Waals surface area (Å²) in [5.41, 5.74) is 1.66. The number of rotatable bonds is 3. The summed E-state index contributed by atoms with van der Waals surface area (Å²) in [4.78, 5) is 30.6. The molecule has 0 saturated carbocycles. The molecule has 2 amide bonds. The maximum Gasteiger partial charge on any atom is 0.251 e. The highest BCUT2D eigenvalue weighted by Crippen LogP contribution is 2.20. The van der Waals surface area contributed by atoms with Gasteiger partial charge in [0.05, 0.1) is 23.5 Å². The van der Waals surface area contributed by atoms with Crippen LogP contribution in [0.5, 0.6) is 0 Å². The predicted molar refractivity (Wildman–Crippen MR) is 88.2 cm³/mol. The molecule has 0 bridgehead atoms.